The van der Waals surface area contributed by atoms with Crippen molar-refractivity contribution in [1.29, 1.82) is 0 Å². The average Bonchev–Trinajstić information content (AvgIpc) is 3.07. The Morgan fingerprint density at radius 2 is 2.04 bits per heavy atom. The Morgan fingerprint density at radius 1 is 1.29 bits per heavy atom. The number of aromatic nitrogens is 3. The van der Waals surface area contributed by atoms with Gasteiger partial charge in [0, 0.05) is 11.6 Å². The van der Waals surface area contributed by atoms with Gasteiger partial charge in [-0.2, -0.15) is 13.5 Å². The van der Waals surface area contributed by atoms with Crippen LogP contribution in [-0.2, 0) is 27.3 Å². The highest BCUT2D eigenvalue weighted by Gasteiger charge is 2.59. The van der Waals surface area contributed by atoms with Crippen molar-refractivity contribution >= 4 is 22.0 Å². The Bertz CT molecular complexity index is 1110. The number of benzene rings is 2. The van der Waals surface area contributed by atoms with E-state index < -0.39 is 22.1 Å². The van der Waals surface area contributed by atoms with E-state index in [1.165, 1.54) is 36.9 Å². The van der Waals surface area contributed by atoms with Crippen LogP contribution in [0.2, 0.25) is 5.02 Å². The third-order valence-corrected chi connectivity index (χ3v) is 5.08. The number of hydrogen-bond donors (Lipinski definition) is 1. The first-order chi connectivity index (χ1) is 13.3. The van der Waals surface area contributed by atoms with Crippen LogP contribution in [0.3, 0.4) is 0 Å². The lowest BCUT2D eigenvalue weighted by atomic mass is 9.91. The first-order valence-corrected chi connectivity index (χ1v) is 9.74. The SMILES string of the molecule is O=S(=O)(O)Oc1ccc(C2OC2(Cn2cncn2)c2ccc(F)cc2)c(Cl)c1. The Morgan fingerprint density at radius 3 is 2.64 bits per heavy atom. The minimum absolute atomic E-state index is 0.138. The molecule has 1 saturated heterocycles. The zero-order valence-corrected chi connectivity index (χ0v) is 15.6. The van der Waals surface area contributed by atoms with Crippen LogP contribution < -0.4 is 4.18 Å². The fraction of sp³-hybridized carbons (Fsp3) is 0.176. The van der Waals surface area contributed by atoms with Crippen molar-refractivity contribution in [1.82, 2.24) is 14.8 Å². The number of hydrogen-bond acceptors (Lipinski definition) is 6. The van der Waals surface area contributed by atoms with E-state index in [2.05, 4.69) is 14.3 Å². The van der Waals surface area contributed by atoms with Gasteiger partial charge in [0.2, 0.25) is 0 Å². The third-order valence-electron chi connectivity index (χ3n) is 4.35. The fourth-order valence-corrected chi connectivity index (χ4v) is 3.72. The van der Waals surface area contributed by atoms with E-state index in [1.807, 2.05) is 0 Å². The van der Waals surface area contributed by atoms with E-state index in [1.54, 1.807) is 22.9 Å². The number of rotatable bonds is 6. The van der Waals surface area contributed by atoms with Gasteiger partial charge in [-0.05, 0) is 23.8 Å². The largest absolute Gasteiger partial charge is 0.446 e. The quantitative estimate of drug-likeness (QED) is 0.478. The molecule has 2 heterocycles. The summed E-state index contributed by atoms with van der Waals surface area (Å²) in [5.74, 6) is -0.512. The van der Waals surface area contributed by atoms with Crippen molar-refractivity contribution in [3.05, 3.63) is 77.1 Å². The Balaban J connectivity index is 1.68. The van der Waals surface area contributed by atoms with Gasteiger partial charge in [-0.25, -0.2) is 14.1 Å². The van der Waals surface area contributed by atoms with Crippen molar-refractivity contribution in [2.75, 3.05) is 0 Å². The van der Waals surface area contributed by atoms with Crippen molar-refractivity contribution in [2.24, 2.45) is 0 Å². The van der Waals surface area contributed by atoms with E-state index in [0.29, 0.717) is 12.1 Å². The van der Waals surface area contributed by atoms with E-state index in [0.717, 1.165) is 5.56 Å². The van der Waals surface area contributed by atoms with Crippen molar-refractivity contribution in [3.8, 4) is 5.75 Å². The molecule has 0 aliphatic carbocycles. The minimum atomic E-state index is -4.66. The van der Waals surface area contributed by atoms with Gasteiger partial charge in [0.05, 0.1) is 11.6 Å². The molecule has 146 valence electrons. The monoisotopic (exact) mass is 425 g/mol. The second-order valence-corrected chi connectivity index (χ2v) is 7.61. The molecule has 11 heteroatoms. The van der Waals surface area contributed by atoms with Gasteiger partial charge in [0.1, 0.15) is 35.9 Å². The number of halogens is 2. The van der Waals surface area contributed by atoms with Gasteiger partial charge in [-0.15, -0.1) is 0 Å². The summed E-state index contributed by atoms with van der Waals surface area (Å²) in [6.45, 7) is 0.308. The van der Waals surface area contributed by atoms with E-state index >= 15 is 0 Å². The van der Waals surface area contributed by atoms with Crippen LogP contribution in [0.1, 0.15) is 17.2 Å². The maximum absolute atomic E-state index is 13.4. The van der Waals surface area contributed by atoms with Gasteiger partial charge in [-0.3, -0.25) is 4.55 Å². The maximum atomic E-state index is 13.4. The Kier molecular flexibility index (Phi) is 4.58. The lowest BCUT2D eigenvalue weighted by Crippen LogP contribution is -2.19. The lowest BCUT2D eigenvalue weighted by molar-refractivity contribution is 0.262. The summed E-state index contributed by atoms with van der Waals surface area (Å²) in [5, 5.41) is 4.28. The molecule has 1 fully saturated rings. The molecule has 1 aromatic heterocycles. The molecule has 0 radical (unpaired) electrons. The van der Waals surface area contributed by atoms with Gasteiger partial charge >= 0.3 is 10.4 Å². The summed E-state index contributed by atoms with van der Waals surface area (Å²) in [7, 11) is -4.66. The highest BCUT2D eigenvalue weighted by atomic mass is 35.5. The Labute approximate surface area is 164 Å². The summed E-state index contributed by atoms with van der Waals surface area (Å²) in [6.07, 6.45) is 2.44. The Hall–Kier alpha value is -2.53. The normalized spacial score (nSPS) is 21.5. The number of ether oxygens (including phenoxy) is 1. The molecular formula is C17H13ClFN3O5S. The molecule has 0 spiro atoms. The van der Waals surface area contributed by atoms with Crippen molar-refractivity contribution in [3.63, 3.8) is 0 Å². The molecule has 1 aliphatic heterocycles. The van der Waals surface area contributed by atoms with Gasteiger partial charge < -0.3 is 8.92 Å². The predicted octanol–water partition coefficient (Wildman–Crippen LogP) is 2.92. The van der Waals surface area contributed by atoms with Crippen LogP contribution in [0.25, 0.3) is 0 Å². The van der Waals surface area contributed by atoms with Crippen LogP contribution in [0.4, 0.5) is 4.39 Å². The molecule has 8 nitrogen and oxygen atoms in total. The first kappa shape index (κ1) is 18.8. The summed E-state index contributed by atoms with van der Waals surface area (Å²) in [4.78, 5) is 3.92. The van der Waals surface area contributed by atoms with Crippen LogP contribution in [0.5, 0.6) is 5.75 Å². The van der Waals surface area contributed by atoms with Gasteiger partial charge in [0.25, 0.3) is 0 Å². The zero-order chi connectivity index (χ0) is 19.9. The molecule has 3 aromatic rings. The van der Waals surface area contributed by atoms with E-state index in [4.69, 9.17) is 20.9 Å². The van der Waals surface area contributed by atoms with Crippen LogP contribution in [-0.4, -0.2) is 27.7 Å². The highest BCUT2D eigenvalue weighted by molar-refractivity contribution is 7.81. The van der Waals surface area contributed by atoms with E-state index in [-0.39, 0.29) is 16.6 Å². The first-order valence-electron chi connectivity index (χ1n) is 7.99. The fourth-order valence-electron chi connectivity index (χ4n) is 3.10. The third kappa shape index (κ3) is 3.72. The number of epoxide rings is 1. The smallest absolute Gasteiger partial charge is 0.362 e. The van der Waals surface area contributed by atoms with Crippen LogP contribution in [0.15, 0.2) is 55.1 Å². The lowest BCUT2D eigenvalue weighted by Gasteiger charge is -2.14. The topological polar surface area (TPSA) is 107 Å². The molecule has 0 amide bonds. The molecule has 28 heavy (non-hydrogen) atoms. The predicted molar refractivity (Wildman–Crippen MR) is 95.6 cm³/mol. The second kappa shape index (κ2) is 6.82. The molecule has 2 aromatic carbocycles. The summed E-state index contributed by atoms with van der Waals surface area (Å²) < 4.78 is 55.9. The summed E-state index contributed by atoms with van der Waals surface area (Å²) >= 11 is 6.28. The van der Waals surface area contributed by atoms with Crippen LogP contribution in [0, 0.1) is 5.82 Å². The maximum Gasteiger partial charge on any atom is 0.446 e. The van der Waals surface area contributed by atoms with Crippen molar-refractivity contribution < 1.29 is 26.3 Å². The summed E-state index contributed by atoms with van der Waals surface area (Å²) in [6, 6.07) is 10.1. The molecule has 1 aliphatic rings. The number of nitrogens with zero attached hydrogens (tertiary/aromatic N) is 3. The zero-order valence-electron chi connectivity index (χ0n) is 14.1. The van der Waals surface area contributed by atoms with Crippen molar-refractivity contribution in [2.45, 2.75) is 18.2 Å². The molecule has 1 N–H and O–H groups in total. The van der Waals surface area contributed by atoms with Gasteiger partial charge in [0.15, 0.2) is 0 Å². The minimum Gasteiger partial charge on any atom is -0.362 e. The average molecular weight is 426 g/mol. The second-order valence-electron chi connectivity index (χ2n) is 6.18. The molecule has 0 bridgehead atoms. The molecule has 2 atom stereocenters. The molecule has 2 unspecified atom stereocenters. The molecule has 0 saturated carbocycles. The van der Waals surface area contributed by atoms with Crippen LogP contribution >= 0.6 is 11.6 Å². The summed E-state index contributed by atoms with van der Waals surface area (Å²) in [5.41, 5.74) is 0.453. The van der Waals surface area contributed by atoms with E-state index in [9.17, 15) is 12.8 Å². The molecular weight excluding hydrogens is 413 g/mol. The highest BCUT2D eigenvalue weighted by Crippen LogP contribution is 2.59. The molecule has 4 rings (SSSR count). The standard InChI is InChI=1S/C17H13ClFN3O5S/c18-15-7-13(27-28(23,24)25)5-6-14(15)16-17(26-16,8-22-10-20-9-21-22)11-1-3-12(19)4-2-11/h1-7,9-10,16H,8H2,(H,23,24,25). The van der Waals surface area contributed by atoms with Gasteiger partial charge in [-0.1, -0.05) is 29.8 Å².